The molecule has 1 amide bonds. The van der Waals surface area contributed by atoms with Gasteiger partial charge in [-0.05, 0) is 50.0 Å². The maximum absolute atomic E-state index is 12.8. The molecule has 4 nitrogen and oxygen atoms in total. The molecule has 24 heavy (non-hydrogen) atoms. The highest BCUT2D eigenvalue weighted by Crippen LogP contribution is 2.33. The van der Waals surface area contributed by atoms with Crippen molar-refractivity contribution in [1.82, 2.24) is 5.32 Å². The smallest absolute Gasteiger partial charge is 0.326 e. The largest absolute Gasteiger partial charge is 0.480 e. The molecule has 0 heterocycles. The second kappa shape index (κ2) is 8.32. The van der Waals surface area contributed by atoms with Crippen molar-refractivity contribution in [1.29, 1.82) is 0 Å². The average Bonchev–Trinajstić information content (AvgIpc) is 2.76. The van der Waals surface area contributed by atoms with Gasteiger partial charge in [0.1, 0.15) is 6.04 Å². The van der Waals surface area contributed by atoms with Gasteiger partial charge in [-0.2, -0.15) is 0 Å². The summed E-state index contributed by atoms with van der Waals surface area (Å²) in [6.07, 6.45) is -0.346. The highest BCUT2D eigenvalue weighted by Gasteiger charge is 2.30. The van der Waals surface area contributed by atoms with Crippen LogP contribution in [-0.2, 0) is 16.0 Å². The number of carbonyl (C=O) groups is 2. The lowest BCUT2D eigenvalue weighted by molar-refractivity contribution is -0.142. The summed E-state index contributed by atoms with van der Waals surface area (Å²) < 4.78 is 86.0. The van der Waals surface area contributed by atoms with E-state index in [1.807, 2.05) is 0 Å². The number of rotatable bonds is 6. The van der Waals surface area contributed by atoms with E-state index in [9.17, 15) is 14.7 Å². The Morgan fingerprint density at radius 2 is 1.92 bits per heavy atom. The first-order chi connectivity index (χ1) is 15.8. The Kier molecular flexibility index (Phi) is 2.95. The molecule has 0 bridgehead atoms. The SMILES string of the molecule is [2H]c1c([2H])c(C[C@@H](NC(=O)C2CCC(C([2H])(C([2H])([2H])[2H])C([2H])([2H])[2H])CC2)C(=O)O)c([2H])c([2H])c1C. The first-order valence-corrected chi connectivity index (χ1v) is 7.93. The van der Waals surface area contributed by atoms with Gasteiger partial charge in [-0.25, -0.2) is 4.79 Å². The number of benzene rings is 1. The van der Waals surface area contributed by atoms with Crippen molar-refractivity contribution in [2.75, 3.05) is 0 Å². The van der Waals surface area contributed by atoms with Crippen molar-refractivity contribution in [3.63, 3.8) is 0 Å². The summed E-state index contributed by atoms with van der Waals surface area (Å²) in [5.74, 6) is -6.51. The first kappa shape index (κ1) is 8.50. The fourth-order valence-electron chi connectivity index (χ4n) is 2.84. The van der Waals surface area contributed by atoms with Gasteiger partial charge in [0.25, 0.3) is 0 Å². The lowest BCUT2D eigenvalue weighted by Gasteiger charge is -2.30. The van der Waals surface area contributed by atoms with Crippen LogP contribution < -0.4 is 5.32 Å². The highest BCUT2D eigenvalue weighted by molar-refractivity contribution is 5.85. The third-order valence-electron chi connectivity index (χ3n) is 4.33. The van der Waals surface area contributed by atoms with E-state index in [4.69, 9.17) is 15.1 Å². The van der Waals surface area contributed by atoms with Crippen molar-refractivity contribution in [3.8, 4) is 0 Å². The first-order valence-electron chi connectivity index (χ1n) is 13.4. The minimum atomic E-state index is -3.06. The molecule has 1 aromatic rings. The number of hydrogen-bond acceptors (Lipinski definition) is 2. The van der Waals surface area contributed by atoms with Crippen molar-refractivity contribution in [3.05, 3.63) is 35.3 Å². The molecule has 0 spiro atoms. The summed E-state index contributed by atoms with van der Waals surface area (Å²) in [6.45, 7) is -4.70. The minimum absolute atomic E-state index is 0.00773. The monoisotopic (exact) mass is 342 g/mol. The Labute approximate surface area is 160 Å². The summed E-state index contributed by atoms with van der Waals surface area (Å²) in [5, 5.41) is 12.0. The second-order valence-corrected chi connectivity index (χ2v) is 6.17. The van der Waals surface area contributed by atoms with Crippen LogP contribution in [-0.4, -0.2) is 23.0 Å². The molecule has 1 saturated carbocycles. The molecule has 1 aromatic carbocycles. The van der Waals surface area contributed by atoms with Crippen LogP contribution in [0.5, 0.6) is 0 Å². The van der Waals surface area contributed by atoms with Crippen LogP contribution in [0.1, 0.15) is 65.6 Å². The van der Waals surface area contributed by atoms with Gasteiger partial charge in [-0.3, -0.25) is 4.79 Å². The van der Waals surface area contributed by atoms with Crippen molar-refractivity contribution >= 4 is 11.9 Å². The standard InChI is InChI=1S/C20H29NO3/c1-13(2)16-8-10-17(11-9-16)19(22)21-18(20(23)24)12-15-6-4-14(3)5-7-15/h4-7,13,16-18H,8-12H2,1-3H3,(H,21,22)(H,23,24)/t16?,17?,18-/m1/s1/i1D3,2D3,4D,5D,6D,7D,13D. The Morgan fingerprint density at radius 1 is 1.29 bits per heavy atom. The van der Waals surface area contributed by atoms with E-state index in [2.05, 4.69) is 5.32 Å². The van der Waals surface area contributed by atoms with Crippen LogP contribution in [0.2, 0.25) is 0 Å². The van der Waals surface area contributed by atoms with Crippen LogP contribution in [0.3, 0.4) is 0 Å². The number of hydrogen-bond donors (Lipinski definition) is 2. The van der Waals surface area contributed by atoms with Gasteiger partial charge >= 0.3 is 5.97 Å². The summed E-state index contributed by atoms with van der Waals surface area (Å²) in [7, 11) is 0. The van der Waals surface area contributed by atoms with Gasteiger partial charge < -0.3 is 10.4 Å². The normalized spacial score (nSPS) is 30.3. The number of carbonyl (C=O) groups excluding carboxylic acids is 1. The average molecular weight is 343 g/mol. The fraction of sp³-hybridized carbons (Fsp3) is 0.600. The number of amides is 1. The fourth-order valence-corrected chi connectivity index (χ4v) is 2.84. The van der Waals surface area contributed by atoms with Crippen LogP contribution in [0.25, 0.3) is 0 Å². The predicted octanol–water partition coefficient (Wildman–Crippen LogP) is 3.57. The number of nitrogens with one attached hydrogen (secondary N) is 1. The van der Waals surface area contributed by atoms with Gasteiger partial charge in [0.2, 0.25) is 5.91 Å². The lowest BCUT2D eigenvalue weighted by atomic mass is 9.76. The molecule has 2 N–H and O–H groups in total. The molecule has 1 aliphatic rings. The van der Waals surface area contributed by atoms with Gasteiger partial charge in [0.05, 0.1) is 5.48 Å². The van der Waals surface area contributed by atoms with Crippen LogP contribution in [0, 0.1) is 24.7 Å². The quantitative estimate of drug-likeness (QED) is 0.830. The van der Waals surface area contributed by atoms with Crippen molar-refractivity contribution < 1.29 is 29.8 Å². The van der Waals surface area contributed by atoms with Crippen LogP contribution in [0.15, 0.2) is 24.2 Å². The number of carboxylic acid groups (broad SMARTS) is 1. The number of carboxylic acids is 1. The van der Waals surface area contributed by atoms with E-state index in [0.29, 0.717) is 0 Å². The van der Waals surface area contributed by atoms with Gasteiger partial charge in [0, 0.05) is 21.9 Å². The molecule has 0 saturated heterocycles. The summed E-state index contributed by atoms with van der Waals surface area (Å²) in [5.41, 5.74) is -0.0210. The van der Waals surface area contributed by atoms with E-state index in [1.54, 1.807) is 0 Å². The molecule has 0 aromatic heterocycles. The zero-order valence-corrected chi connectivity index (χ0v) is 13.5. The molecule has 1 atom stereocenters. The Bertz CT molecular complexity index is 939. The van der Waals surface area contributed by atoms with Gasteiger partial charge in [-0.15, -0.1) is 0 Å². The zero-order chi connectivity index (χ0) is 27.1. The maximum atomic E-state index is 12.8. The third kappa shape index (κ3) is 5.08. The summed E-state index contributed by atoms with van der Waals surface area (Å²) in [6, 6.07) is -2.89. The highest BCUT2D eigenvalue weighted by atomic mass is 16.4. The zero-order valence-electron chi connectivity index (χ0n) is 24.5. The molecular formula is C20H29NO3. The summed E-state index contributed by atoms with van der Waals surface area (Å²) >= 11 is 0. The van der Waals surface area contributed by atoms with E-state index in [-0.39, 0.29) is 61.0 Å². The van der Waals surface area contributed by atoms with E-state index < -0.39 is 55.8 Å². The van der Waals surface area contributed by atoms with E-state index in [1.165, 1.54) is 6.92 Å². The van der Waals surface area contributed by atoms with Crippen molar-refractivity contribution in [2.45, 2.75) is 58.8 Å². The minimum Gasteiger partial charge on any atom is -0.480 e. The topological polar surface area (TPSA) is 66.4 Å². The molecule has 2 rings (SSSR count). The Balaban J connectivity index is 2.16. The van der Waals surface area contributed by atoms with E-state index >= 15 is 0 Å². The second-order valence-electron chi connectivity index (χ2n) is 6.17. The Morgan fingerprint density at radius 3 is 2.46 bits per heavy atom. The Hall–Kier alpha value is -1.84. The molecule has 4 heteroatoms. The predicted molar refractivity (Wildman–Crippen MR) is 94.7 cm³/mol. The van der Waals surface area contributed by atoms with E-state index in [0.717, 1.165) is 0 Å². The molecule has 0 radical (unpaired) electrons. The van der Waals surface area contributed by atoms with Crippen LogP contribution >= 0.6 is 0 Å². The van der Waals surface area contributed by atoms with Crippen LogP contribution in [0.4, 0.5) is 0 Å². The van der Waals surface area contributed by atoms with Crippen molar-refractivity contribution in [2.24, 2.45) is 17.7 Å². The molecular weight excluding hydrogens is 302 g/mol. The molecule has 1 fully saturated rings. The number of aliphatic carboxylic acids is 1. The molecule has 0 unspecified atom stereocenters. The molecule has 1 aliphatic carbocycles. The summed E-state index contributed by atoms with van der Waals surface area (Å²) in [4.78, 5) is 24.6. The molecule has 132 valence electrons. The van der Waals surface area contributed by atoms with Gasteiger partial charge in [0.15, 0.2) is 0 Å². The maximum Gasteiger partial charge on any atom is 0.326 e. The van der Waals surface area contributed by atoms with Gasteiger partial charge in [-0.1, -0.05) is 43.4 Å². The third-order valence-corrected chi connectivity index (χ3v) is 4.33. The lowest BCUT2D eigenvalue weighted by Crippen LogP contribution is -2.45. The molecule has 0 aliphatic heterocycles.